The van der Waals surface area contributed by atoms with E-state index in [-0.39, 0.29) is 5.56 Å². The fraction of sp³-hybridized carbons (Fsp3) is 0.417. The third-order valence-corrected chi connectivity index (χ3v) is 3.20. The Morgan fingerprint density at radius 2 is 2.28 bits per heavy atom. The van der Waals surface area contributed by atoms with E-state index >= 15 is 0 Å². The summed E-state index contributed by atoms with van der Waals surface area (Å²) in [5.41, 5.74) is 1.58. The van der Waals surface area contributed by atoms with Crippen LogP contribution in [0, 0.1) is 6.92 Å². The van der Waals surface area contributed by atoms with Gasteiger partial charge in [0.25, 0.3) is 5.56 Å². The van der Waals surface area contributed by atoms with E-state index in [1.54, 1.807) is 6.07 Å². The second-order valence-electron chi connectivity index (χ2n) is 4.02. The summed E-state index contributed by atoms with van der Waals surface area (Å²) in [6, 6.07) is 3.42. The third kappa shape index (κ3) is 3.46. The molecule has 0 aliphatic rings. The highest BCUT2D eigenvalue weighted by molar-refractivity contribution is 7.98. The van der Waals surface area contributed by atoms with Crippen molar-refractivity contribution < 1.29 is 4.52 Å². The molecule has 0 aliphatic carbocycles. The molecule has 0 radical (unpaired) electrons. The zero-order chi connectivity index (χ0) is 13.0. The summed E-state index contributed by atoms with van der Waals surface area (Å²) < 4.78 is 5.10. The molecule has 0 fully saturated rings. The zero-order valence-electron chi connectivity index (χ0n) is 10.4. The van der Waals surface area contributed by atoms with Crippen molar-refractivity contribution >= 4 is 11.8 Å². The number of aromatic nitrogens is 3. The van der Waals surface area contributed by atoms with Crippen LogP contribution in [0.3, 0.4) is 0 Å². The molecule has 0 bridgehead atoms. The van der Waals surface area contributed by atoms with Crippen LogP contribution in [-0.2, 0) is 12.2 Å². The molecule has 2 aromatic heterocycles. The Morgan fingerprint density at radius 1 is 1.44 bits per heavy atom. The molecule has 2 aromatic rings. The third-order valence-electron chi connectivity index (χ3n) is 2.31. The maximum atomic E-state index is 11.5. The smallest absolute Gasteiger partial charge is 0.251 e. The monoisotopic (exact) mass is 265 g/mol. The summed E-state index contributed by atoms with van der Waals surface area (Å²) in [5, 5.41) is 4.44. The minimum atomic E-state index is -0.107. The van der Waals surface area contributed by atoms with E-state index in [9.17, 15) is 4.79 Å². The summed E-state index contributed by atoms with van der Waals surface area (Å²) >= 11 is 1.44. The minimum Gasteiger partial charge on any atom is -0.360 e. The highest BCUT2D eigenvalue weighted by atomic mass is 32.2. The van der Waals surface area contributed by atoms with Gasteiger partial charge in [-0.05, 0) is 13.3 Å². The van der Waals surface area contributed by atoms with Gasteiger partial charge in [0.2, 0.25) is 0 Å². The van der Waals surface area contributed by atoms with Gasteiger partial charge >= 0.3 is 0 Å². The minimum absolute atomic E-state index is 0.107. The van der Waals surface area contributed by atoms with Gasteiger partial charge in [0.05, 0.1) is 11.4 Å². The van der Waals surface area contributed by atoms with Crippen LogP contribution in [0.5, 0.6) is 0 Å². The molecule has 5 nitrogen and oxygen atoms in total. The van der Waals surface area contributed by atoms with Crippen LogP contribution in [0.2, 0.25) is 0 Å². The molecule has 96 valence electrons. The molecule has 0 aliphatic heterocycles. The lowest BCUT2D eigenvalue weighted by atomic mass is 10.2. The zero-order valence-corrected chi connectivity index (χ0v) is 11.2. The number of rotatable bonds is 5. The van der Waals surface area contributed by atoms with Crippen LogP contribution in [0.15, 0.2) is 26.6 Å². The van der Waals surface area contributed by atoms with Gasteiger partial charge in [-0.15, -0.1) is 0 Å². The van der Waals surface area contributed by atoms with Crippen molar-refractivity contribution in [3.63, 3.8) is 0 Å². The second-order valence-corrected chi connectivity index (χ2v) is 4.98. The molecule has 6 heteroatoms. The van der Waals surface area contributed by atoms with E-state index in [0.717, 1.165) is 30.0 Å². The van der Waals surface area contributed by atoms with Crippen molar-refractivity contribution in [3.05, 3.63) is 39.6 Å². The maximum absolute atomic E-state index is 11.5. The first kappa shape index (κ1) is 12.9. The standard InChI is InChI=1S/C12H15N3O2S/c1-3-4-9-6-11(16)14-12(13-9)18-7-10-5-8(2)15-17-10/h5-6H,3-4,7H2,1-2H3,(H,13,14,16). The van der Waals surface area contributed by atoms with Crippen LogP contribution >= 0.6 is 11.8 Å². The lowest BCUT2D eigenvalue weighted by molar-refractivity contribution is 0.391. The summed E-state index contributed by atoms with van der Waals surface area (Å²) in [6.07, 6.45) is 1.79. The molecule has 0 atom stereocenters. The quantitative estimate of drug-likeness (QED) is 0.663. The van der Waals surface area contributed by atoms with E-state index in [1.807, 2.05) is 13.0 Å². The van der Waals surface area contributed by atoms with Gasteiger partial charge in [-0.3, -0.25) is 4.79 Å². The van der Waals surface area contributed by atoms with Crippen LogP contribution in [0.25, 0.3) is 0 Å². The number of H-pyrrole nitrogens is 1. The Balaban J connectivity index is 2.06. The van der Waals surface area contributed by atoms with Crippen LogP contribution in [0.1, 0.15) is 30.5 Å². The van der Waals surface area contributed by atoms with Crippen molar-refractivity contribution in [2.24, 2.45) is 0 Å². The Labute approximate surface area is 109 Å². The molecule has 0 aromatic carbocycles. The average molecular weight is 265 g/mol. The van der Waals surface area contributed by atoms with Crippen molar-refractivity contribution in [3.8, 4) is 0 Å². The molecule has 0 unspecified atom stereocenters. The summed E-state index contributed by atoms with van der Waals surface area (Å²) in [7, 11) is 0. The molecule has 0 saturated carbocycles. The molecule has 18 heavy (non-hydrogen) atoms. The fourth-order valence-electron chi connectivity index (χ4n) is 1.56. The number of nitrogens with one attached hydrogen (secondary N) is 1. The van der Waals surface area contributed by atoms with E-state index in [4.69, 9.17) is 4.52 Å². The molecule has 2 heterocycles. The van der Waals surface area contributed by atoms with Gasteiger partial charge in [0.1, 0.15) is 5.76 Å². The molecular weight excluding hydrogens is 250 g/mol. The van der Waals surface area contributed by atoms with Crippen LogP contribution in [-0.4, -0.2) is 15.1 Å². The SMILES string of the molecule is CCCc1cc(=O)[nH]c(SCc2cc(C)no2)n1. The first-order valence-electron chi connectivity index (χ1n) is 5.82. The Hall–Kier alpha value is -1.56. The normalized spacial score (nSPS) is 10.8. The highest BCUT2D eigenvalue weighted by Gasteiger charge is 2.05. The van der Waals surface area contributed by atoms with Crippen LogP contribution in [0.4, 0.5) is 0 Å². The molecule has 0 amide bonds. The number of nitrogens with zero attached hydrogens (tertiary/aromatic N) is 2. The topological polar surface area (TPSA) is 71.8 Å². The molecular formula is C12H15N3O2S. The van der Waals surface area contributed by atoms with Crippen molar-refractivity contribution in [2.75, 3.05) is 0 Å². The van der Waals surface area contributed by atoms with Gasteiger partial charge in [-0.2, -0.15) is 0 Å². The van der Waals surface area contributed by atoms with E-state index in [0.29, 0.717) is 10.9 Å². The van der Waals surface area contributed by atoms with Gasteiger partial charge in [-0.1, -0.05) is 30.3 Å². The molecule has 0 spiro atoms. The largest absolute Gasteiger partial charge is 0.360 e. The van der Waals surface area contributed by atoms with Crippen LogP contribution < -0.4 is 5.56 Å². The molecule has 2 rings (SSSR count). The first-order valence-corrected chi connectivity index (χ1v) is 6.81. The summed E-state index contributed by atoms with van der Waals surface area (Å²) in [6.45, 7) is 3.94. The van der Waals surface area contributed by atoms with E-state index in [1.165, 1.54) is 11.8 Å². The van der Waals surface area contributed by atoms with Crippen molar-refractivity contribution in [1.29, 1.82) is 0 Å². The second kappa shape index (κ2) is 5.86. The Bertz CT molecular complexity index is 577. The first-order chi connectivity index (χ1) is 8.67. The van der Waals surface area contributed by atoms with Crippen molar-refractivity contribution in [2.45, 2.75) is 37.6 Å². The number of aromatic amines is 1. The van der Waals surface area contributed by atoms with Gasteiger partial charge in [-0.25, -0.2) is 4.98 Å². The van der Waals surface area contributed by atoms with Crippen molar-refractivity contribution in [1.82, 2.24) is 15.1 Å². The summed E-state index contributed by atoms with van der Waals surface area (Å²) in [4.78, 5) is 18.6. The van der Waals surface area contributed by atoms with Gasteiger partial charge in [0.15, 0.2) is 5.16 Å². The maximum Gasteiger partial charge on any atom is 0.251 e. The number of hydrogen-bond donors (Lipinski definition) is 1. The predicted molar refractivity (Wildman–Crippen MR) is 69.7 cm³/mol. The molecule has 0 saturated heterocycles. The number of thioether (sulfide) groups is 1. The van der Waals surface area contributed by atoms with E-state index in [2.05, 4.69) is 22.0 Å². The van der Waals surface area contributed by atoms with Gasteiger partial charge in [0, 0.05) is 17.8 Å². The summed E-state index contributed by atoms with van der Waals surface area (Å²) in [5.74, 6) is 1.39. The number of aryl methyl sites for hydroxylation is 2. The Kier molecular flexibility index (Phi) is 4.19. The highest BCUT2D eigenvalue weighted by Crippen LogP contribution is 2.18. The van der Waals surface area contributed by atoms with E-state index < -0.39 is 0 Å². The molecule has 1 N–H and O–H groups in total. The van der Waals surface area contributed by atoms with Gasteiger partial charge < -0.3 is 9.51 Å². The fourth-order valence-corrected chi connectivity index (χ4v) is 2.33. The lowest BCUT2D eigenvalue weighted by Gasteiger charge is -2.01. The lowest BCUT2D eigenvalue weighted by Crippen LogP contribution is -2.09. The Morgan fingerprint density at radius 3 is 2.94 bits per heavy atom. The predicted octanol–water partition coefficient (Wildman–Crippen LogP) is 2.31. The number of hydrogen-bond acceptors (Lipinski definition) is 5. The average Bonchev–Trinajstić information content (AvgIpc) is 2.72.